The molecule has 0 aromatic rings. The van der Waals surface area contributed by atoms with Crippen LogP contribution in [0.3, 0.4) is 0 Å². The standard InChI is InChI=1S/C10H19NO4S/c1-4-5-6-16(14,15)11-9(10(12)13)7-8(2)3/h4,8-9,11H,1,5-7H2,2-3H3,(H,12,13)/t9-/m0/s1. The maximum Gasteiger partial charge on any atom is 0.321 e. The zero-order valence-corrected chi connectivity index (χ0v) is 10.5. The van der Waals surface area contributed by atoms with Crippen LogP contribution in [0.5, 0.6) is 0 Å². The molecule has 0 aliphatic rings. The number of allylic oxidation sites excluding steroid dienone is 1. The normalized spacial score (nSPS) is 13.7. The number of aliphatic carboxylic acids is 1. The largest absolute Gasteiger partial charge is 0.480 e. The third-order valence-corrected chi connectivity index (χ3v) is 3.33. The molecule has 16 heavy (non-hydrogen) atoms. The van der Waals surface area contributed by atoms with Gasteiger partial charge in [0.05, 0.1) is 5.75 Å². The van der Waals surface area contributed by atoms with E-state index in [2.05, 4.69) is 11.3 Å². The summed E-state index contributed by atoms with van der Waals surface area (Å²) in [6, 6.07) is -1.05. The van der Waals surface area contributed by atoms with Crippen LogP contribution < -0.4 is 4.72 Å². The summed E-state index contributed by atoms with van der Waals surface area (Å²) >= 11 is 0. The number of rotatable bonds is 8. The van der Waals surface area contributed by atoms with Gasteiger partial charge < -0.3 is 5.11 Å². The summed E-state index contributed by atoms with van der Waals surface area (Å²) in [5.41, 5.74) is 0. The molecule has 6 heteroatoms. The summed E-state index contributed by atoms with van der Waals surface area (Å²) < 4.78 is 25.1. The average Bonchev–Trinajstić information content (AvgIpc) is 2.12. The maximum atomic E-state index is 11.5. The lowest BCUT2D eigenvalue weighted by atomic mass is 10.1. The second-order valence-electron chi connectivity index (χ2n) is 4.03. The van der Waals surface area contributed by atoms with Crippen LogP contribution in [0.2, 0.25) is 0 Å². The van der Waals surface area contributed by atoms with Gasteiger partial charge in [-0.1, -0.05) is 19.9 Å². The Kier molecular flexibility index (Phi) is 6.28. The molecular formula is C10H19NO4S. The minimum atomic E-state index is -3.54. The smallest absolute Gasteiger partial charge is 0.321 e. The van der Waals surface area contributed by atoms with Crippen LogP contribution in [0, 0.1) is 5.92 Å². The molecule has 0 heterocycles. The summed E-state index contributed by atoms with van der Waals surface area (Å²) in [7, 11) is -3.54. The van der Waals surface area contributed by atoms with Crippen LogP contribution in [0.25, 0.3) is 0 Å². The first-order valence-corrected chi connectivity index (χ1v) is 6.77. The molecule has 0 saturated carbocycles. The lowest BCUT2D eigenvalue weighted by Gasteiger charge is -2.16. The number of nitrogens with one attached hydrogen (secondary N) is 1. The molecule has 2 N–H and O–H groups in total. The van der Waals surface area contributed by atoms with Gasteiger partial charge in [-0.15, -0.1) is 6.58 Å². The van der Waals surface area contributed by atoms with E-state index in [1.165, 1.54) is 6.08 Å². The van der Waals surface area contributed by atoms with Crippen LogP contribution in [0.4, 0.5) is 0 Å². The zero-order valence-electron chi connectivity index (χ0n) is 9.64. The number of carboxylic acids is 1. The van der Waals surface area contributed by atoms with Crippen LogP contribution in [-0.2, 0) is 14.8 Å². The average molecular weight is 249 g/mol. The lowest BCUT2D eigenvalue weighted by molar-refractivity contribution is -0.139. The van der Waals surface area contributed by atoms with Gasteiger partial charge in [-0.2, -0.15) is 0 Å². The molecule has 0 aliphatic carbocycles. The summed E-state index contributed by atoms with van der Waals surface area (Å²) in [6.45, 7) is 7.10. The molecule has 0 amide bonds. The van der Waals surface area contributed by atoms with Crippen molar-refractivity contribution < 1.29 is 18.3 Å². The highest BCUT2D eigenvalue weighted by Crippen LogP contribution is 2.06. The number of carboxylic acid groups (broad SMARTS) is 1. The van der Waals surface area contributed by atoms with Crippen molar-refractivity contribution in [1.82, 2.24) is 4.72 Å². The van der Waals surface area contributed by atoms with Gasteiger partial charge in [0.1, 0.15) is 6.04 Å². The molecular weight excluding hydrogens is 230 g/mol. The number of carbonyl (C=O) groups is 1. The molecule has 0 rings (SSSR count). The Labute approximate surface area is 96.6 Å². The van der Waals surface area contributed by atoms with Crippen LogP contribution in [-0.4, -0.2) is 31.3 Å². The van der Waals surface area contributed by atoms with E-state index < -0.39 is 22.0 Å². The molecule has 0 unspecified atom stereocenters. The van der Waals surface area contributed by atoms with Crippen molar-refractivity contribution in [1.29, 1.82) is 0 Å². The predicted octanol–water partition coefficient (Wildman–Crippen LogP) is 0.981. The molecule has 0 aromatic carbocycles. The van der Waals surface area contributed by atoms with Gasteiger partial charge in [-0.3, -0.25) is 4.79 Å². The van der Waals surface area contributed by atoms with E-state index in [0.29, 0.717) is 6.42 Å². The van der Waals surface area contributed by atoms with Crippen molar-refractivity contribution in [2.45, 2.75) is 32.7 Å². The third-order valence-electron chi connectivity index (χ3n) is 1.92. The Morgan fingerprint density at radius 1 is 1.50 bits per heavy atom. The summed E-state index contributed by atoms with van der Waals surface area (Å²) in [5, 5.41) is 8.86. The van der Waals surface area contributed by atoms with Crippen LogP contribution in [0.15, 0.2) is 12.7 Å². The van der Waals surface area contributed by atoms with E-state index in [0.717, 1.165) is 0 Å². The topological polar surface area (TPSA) is 83.5 Å². The molecule has 1 atom stereocenters. The van der Waals surface area contributed by atoms with Gasteiger partial charge >= 0.3 is 5.97 Å². The zero-order chi connectivity index (χ0) is 12.8. The first-order chi connectivity index (χ1) is 7.28. The fourth-order valence-electron chi connectivity index (χ4n) is 1.18. The van der Waals surface area contributed by atoms with Crippen LogP contribution in [0.1, 0.15) is 26.7 Å². The van der Waals surface area contributed by atoms with Gasteiger partial charge in [-0.25, -0.2) is 13.1 Å². The summed E-state index contributed by atoms with van der Waals surface area (Å²) in [4.78, 5) is 10.8. The monoisotopic (exact) mass is 249 g/mol. The maximum absolute atomic E-state index is 11.5. The molecule has 94 valence electrons. The van der Waals surface area contributed by atoms with Gasteiger partial charge in [0.2, 0.25) is 10.0 Å². The van der Waals surface area contributed by atoms with E-state index in [4.69, 9.17) is 5.11 Å². The van der Waals surface area contributed by atoms with Crippen molar-refractivity contribution in [3.8, 4) is 0 Å². The molecule has 5 nitrogen and oxygen atoms in total. The Morgan fingerprint density at radius 3 is 2.44 bits per heavy atom. The van der Waals surface area contributed by atoms with Crippen molar-refractivity contribution >= 4 is 16.0 Å². The van der Waals surface area contributed by atoms with E-state index in [9.17, 15) is 13.2 Å². The van der Waals surface area contributed by atoms with Crippen LogP contribution >= 0.6 is 0 Å². The predicted molar refractivity (Wildman–Crippen MR) is 62.6 cm³/mol. The molecule has 0 fully saturated rings. The first-order valence-electron chi connectivity index (χ1n) is 5.12. The Morgan fingerprint density at radius 2 is 2.06 bits per heavy atom. The molecule has 0 bridgehead atoms. The van der Waals surface area contributed by atoms with Gasteiger partial charge in [0, 0.05) is 0 Å². The van der Waals surface area contributed by atoms with Crippen molar-refractivity contribution in [3.05, 3.63) is 12.7 Å². The lowest BCUT2D eigenvalue weighted by Crippen LogP contribution is -2.42. The van der Waals surface area contributed by atoms with E-state index in [-0.39, 0.29) is 18.1 Å². The highest BCUT2D eigenvalue weighted by atomic mass is 32.2. The highest BCUT2D eigenvalue weighted by molar-refractivity contribution is 7.89. The fourth-order valence-corrected chi connectivity index (χ4v) is 2.41. The third kappa shape index (κ3) is 6.58. The number of sulfonamides is 1. The van der Waals surface area contributed by atoms with Crippen molar-refractivity contribution in [2.24, 2.45) is 5.92 Å². The van der Waals surface area contributed by atoms with E-state index >= 15 is 0 Å². The fraction of sp³-hybridized carbons (Fsp3) is 0.700. The summed E-state index contributed by atoms with van der Waals surface area (Å²) in [6.07, 6.45) is 2.07. The van der Waals surface area contributed by atoms with E-state index in [1.807, 2.05) is 13.8 Å². The SMILES string of the molecule is C=CCCS(=O)(=O)N[C@@H](CC(C)C)C(=O)O. The number of hydrogen-bond acceptors (Lipinski definition) is 3. The Bertz CT molecular complexity index is 335. The Hall–Kier alpha value is -0.880. The minimum absolute atomic E-state index is 0.114. The molecule has 0 radical (unpaired) electrons. The molecule has 0 saturated heterocycles. The van der Waals surface area contributed by atoms with Crippen molar-refractivity contribution in [3.63, 3.8) is 0 Å². The van der Waals surface area contributed by atoms with Gasteiger partial charge in [0.25, 0.3) is 0 Å². The van der Waals surface area contributed by atoms with Gasteiger partial charge in [0.15, 0.2) is 0 Å². The quantitative estimate of drug-likeness (QED) is 0.628. The second kappa shape index (κ2) is 6.65. The molecule has 0 aliphatic heterocycles. The molecule has 0 spiro atoms. The first kappa shape index (κ1) is 15.1. The van der Waals surface area contributed by atoms with E-state index in [1.54, 1.807) is 0 Å². The Balaban J connectivity index is 4.49. The second-order valence-corrected chi connectivity index (χ2v) is 5.91. The van der Waals surface area contributed by atoms with Crippen molar-refractivity contribution in [2.75, 3.05) is 5.75 Å². The number of hydrogen-bond donors (Lipinski definition) is 2. The summed E-state index contributed by atoms with van der Waals surface area (Å²) in [5.74, 6) is -1.16. The molecule has 0 aromatic heterocycles. The minimum Gasteiger partial charge on any atom is -0.480 e. The highest BCUT2D eigenvalue weighted by Gasteiger charge is 2.24. The van der Waals surface area contributed by atoms with Gasteiger partial charge in [-0.05, 0) is 18.8 Å².